The Morgan fingerprint density at radius 2 is 1.79 bits per heavy atom. The van der Waals surface area contributed by atoms with E-state index in [0.717, 1.165) is 0 Å². The number of hydrogen-bond acceptors (Lipinski definition) is 3. The molecule has 0 aliphatic rings. The molecule has 1 atom stereocenters. The molecule has 0 radical (unpaired) electrons. The first-order valence-corrected chi connectivity index (χ1v) is 6.28. The summed E-state index contributed by atoms with van der Waals surface area (Å²) >= 11 is 11.8. The molecule has 0 amide bonds. The first-order valence-electron chi connectivity index (χ1n) is 5.52. The van der Waals surface area contributed by atoms with Gasteiger partial charge in [0.15, 0.2) is 5.78 Å². The lowest BCUT2D eigenvalue weighted by Crippen LogP contribution is -2.13. The van der Waals surface area contributed by atoms with Crippen LogP contribution in [0.3, 0.4) is 0 Å². The van der Waals surface area contributed by atoms with E-state index in [-0.39, 0.29) is 16.3 Å². The van der Waals surface area contributed by atoms with Crippen molar-refractivity contribution in [2.75, 3.05) is 5.73 Å². The van der Waals surface area contributed by atoms with Crippen molar-refractivity contribution in [3.63, 3.8) is 0 Å². The molecule has 0 bridgehead atoms. The predicted octanol–water partition coefficient (Wildman–Crippen LogP) is 3.49. The van der Waals surface area contributed by atoms with Crippen molar-refractivity contribution < 1.29 is 9.90 Å². The van der Waals surface area contributed by atoms with E-state index in [0.29, 0.717) is 10.6 Å². The fourth-order valence-corrected chi connectivity index (χ4v) is 2.15. The Hall–Kier alpha value is -1.55. The molecule has 2 aromatic carbocycles. The first-order chi connectivity index (χ1) is 9.00. The summed E-state index contributed by atoms with van der Waals surface area (Å²) in [5.74, 6) is -0.537. The number of aliphatic hydroxyl groups is 1. The van der Waals surface area contributed by atoms with Crippen LogP contribution in [0.15, 0.2) is 42.5 Å². The highest BCUT2D eigenvalue weighted by atomic mass is 35.5. The quantitative estimate of drug-likeness (QED) is 0.673. The minimum Gasteiger partial charge on any atom is -0.397 e. The van der Waals surface area contributed by atoms with E-state index in [1.165, 1.54) is 12.1 Å². The van der Waals surface area contributed by atoms with Crippen LogP contribution in [0.25, 0.3) is 0 Å². The number of nitrogens with two attached hydrogens (primary N) is 1. The SMILES string of the molecule is Nc1cc(Cl)cc(C(=O)C(O)c2ccccc2)c1Cl. The topological polar surface area (TPSA) is 63.3 Å². The summed E-state index contributed by atoms with van der Waals surface area (Å²) in [6.07, 6.45) is -1.29. The van der Waals surface area contributed by atoms with Gasteiger partial charge >= 0.3 is 0 Å². The number of carbonyl (C=O) groups is 1. The van der Waals surface area contributed by atoms with Gasteiger partial charge in [-0.2, -0.15) is 0 Å². The van der Waals surface area contributed by atoms with Gasteiger partial charge in [-0.15, -0.1) is 0 Å². The van der Waals surface area contributed by atoms with E-state index in [1.54, 1.807) is 30.3 Å². The number of carbonyl (C=O) groups excluding carboxylic acids is 1. The number of Topliss-reactive ketones (excluding diaryl/α,β-unsaturated/α-hetero) is 1. The minimum atomic E-state index is -1.29. The highest BCUT2D eigenvalue weighted by molar-refractivity contribution is 6.38. The molecule has 98 valence electrons. The Morgan fingerprint density at radius 1 is 1.16 bits per heavy atom. The van der Waals surface area contributed by atoms with Crippen LogP contribution in [0.2, 0.25) is 10.0 Å². The lowest BCUT2D eigenvalue weighted by atomic mass is 9.99. The Kier molecular flexibility index (Phi) is 4.10. The number of nitrogen functional groups attached to an aromatic ring is 1. The molecule has 0 saturated heterocycles. The standard InChI is InChI=1S/C14H11Cl2NO2/c15-9-6-10(12(16)11(17)7-9)14(19)13(18)8-4-2-1-3-5-8/h1-7,13,18H,17H2. The third-order valence-corrected chi connectivity index (χ3v) is 3.33. The first kappa shape index (κ1) is 13.9. The van der Waals surface area contributed by atoms with Crippen LogP contribution in [0.1, 0.15) is 22.0 Å². The molecular weight excluding hydrogens is 285 g/mol. The lowest BCUT2D eigenvalue weighted by molar-refractivity contribution is 0.0747. The molecule has 2 aromatic rings. The van der Waals surface area contributed by atoms with E-state index >= 15 is 0 Å². The molecule has 19 heavy (non-hydrogen) atoms. The zero-order chi connectivity index (χ0) is 14.0. The van der Waals surface area contributed by atoms with Crippen molar-refractivity contribution in [3.8, 4) is 0 Å². The van der Waals surface area contributed by atoms with Crippen LogP contribution >= 0.6 is 23.2 Å². The molecule has 0 heterocycles. The number of hydrogen-bond donors (Lipinski definition) is 2. The van der Waals surface area contributed by atoms with E-state index in [2.05, 4.69) is 0 Å². The third kappa shape index (κ3) is 2.89. The molecule has 2 rings (SSSR count). The van der Waals surface area contributed by atoms with Crippen LogP contribution in [0.5, 0.6) is 0 Å². The van der Waals surface area contributed by atoms with Gasteiger partial charge in [0.1, 0.15) is 6.10 Å². The highest BCUT2D eigenvalue weighted by Gasteiger charge is 2.22. The van der Waals surface area contributed by atoms with Crippen molar-refractivity contribution >= 4 is 34.7 Å². The number of ketones is 1. The average Bonchev–Trinajstić information content (AvgIpc) is 2.42. The van der Waals surface area contributed by atoms with Gasteiger partial charge in [-0.05, 0) is 17.7 Å². The molecule has 3 N–H and O–H groups in total. The second-order valence-electron chi connectivity index (χ2n) is 4.03. The average molecular weight is 296 g/mol. The van der Waals surface area contributed by atoms with Crippen molar-refractivity contribution in [2.45, 2.75) is 6.10 Å². The lowest BCUT2D eigenvalue weighted by Gasteiger charge is -2.12. The molecular formula is C14H11Cl2NO2. The van der Waals surface area contributed by atoms with Crippen molar-refractivity contribution in [2.24, 2.45) is 0 Å². The van der Waals surface area contributed by atoms with Gasteiger partial charge in [-0.1, -0.05) is 53.5 Å². The summed E-state index contributed by atoms with van der Waals surface area (Å²) in [6.45, 7) is 0. The second-order valence-corrected chi connectivity index (χ2v) is 4.85. The summed E-state index contributed by atoms with van der Waals surface area (Å²) in [5, 5.41) is 10.5. The van der Waals surface area contributed by atoms with E-state index in [4.69, 9.17) is 28.9 Å². The fourth-order valence-electron chi connectivity index (χ4n) is 1.72. The van der Waals surface area contributed by atoms with Gasteiger partial charge in [-0.25, -0.2) is 0 Å². The van der Waals surface area contributed by atoms with Gasteiger partial charge in [-0.3, -0.25) is 4.79 Å². The summed E-state index contributed by atoms with van der Waals surface area (Å²) in [4.78, 5) is 12.2. The van der Waals surface area contributed by atoms with E-state index in [1.807, 2.05) is 0 Å². The van der Waals surface area contributed by atoms with Gasteiger partial charge in [0.2, 0.25) is 0 Å². The number of aliphatic hydroxyl groups excluding tert-OH is 1. The maximum atomic E-state index is 12.2. The van der Waals surface area contributed by atoms with Gasteiger partial charge in [0, 0.05) is 10.6 Å². The van der Waals surface area contributed by atoms with Crippen molar-refractivity contribution in [1.29, 1.82) is 0 Å². The number of benzene rings is 2. The normalized spacial score (nSPS) is 12.2. The van der Waals surface area contributed by atoms with Gasteiger partial charge in [0.25, 0.3) is 0 Å². The summed E-state index contributed by atoms with van der Waals surface area (Å²) in [5.41, 5.74) is 6.46. The fraction of sp³-hybridized carbons (Fsp3) is 0.0714. The summed E-state index contributed by atoms with van der Waals surface area (Å²) in [6, 6.07) is 11.4. The monoisotopic (exact) mass is 295 g/mol. The number of anilines is 1. The molecule has 0 spiro atoms. The van der Waals surface area contributed by atoms with E-state index in [9.17, 15) is 9.90 Å². The molecule has 1 unspecified atom stereocenters. The van der Waals surface area contributed by atoms with Crippen molar-refractivity contribution in [3.05, 3.63) is 63.6 Å². The second kappa shape index (κ2) is 5.61. The van der Waals surface area contributed by atoms with Crippen LogP contribution < -0.4 is 5.73 Å². The van der Waals surface area contributed by atoms with Gasteiger partial charge in [0.05, 0.1) is 10.7 Å². The zero-order valence-corrected chi connectivity index (χ0v) is 11.3. The maximum Gasteiger partial charge on any atom is 0.197 e. The van der Waals surface area contributed by atoms with Crippen LogP contribution in [0.4, 0.5) is 5.69 Å². The molecule has 0 aliphatic carbocycles. The number of halogens is 2. The van der Waals surface area contributed by atoms with Crippen LogP contribution in [-0.4, -0.2) is 10.9 Å². The Labute approximate surface area is 120 Å². The van der Waals surface area contributed by atoms with E-state index < -0.39 is 11.9 Å². The summed E-state index contributed by atoms with van der Waals surface area (Å²) in [7, 11) is 0. The third-order valence-electron chi connectivity index (χ3n) is 2.69. The molecule has 5 heteroatoms. The predicted molar refractivity (Wildman–Crippen MR) is 76.6 cm³/mol. The Balaban J connectivity index is 2.40. The number of rotatable bonds is 3. The largest absolute Gasteiger partial charge is 0.397 e. The highest BCUT2D eigenvalue weighted by Crippen LogP contribution is 2.31. The molecule has 0 aromatic heterocycles. The van der Waals surface area contributed by atoms with Gasteiger partial charge < -0.3 is 10.8 Å². The molecule has 3 nitrogen and oxygen atoms in total. The molecule has 0 aliphatic heterocycles. The maximum absolute atomic E-state index is 12.2. The van der Waals surface area contributed by atoms with Crippen LogP contribution in [-0.2, 0) is 0 Å². The van der Waals surface area contributed by atoms with Crippen LogP contribution in [0, 0.1) is 0 Å². The smallest absolute Gasteiger partial charge is 0.197 e. The minimum absolute atomic E-state index is 0.101. The zero-order valence-electron chi connectivity index (χ0n) is 9.81. The Bertz CT molecular complexity index is 614. The van der Waals surface area contributed by atoms with Crippen molar-refractivity contribution in [1.82, 2.24) is 0 Å². The molecule has 0 saturated carbocycles. The molecule has 0 fully saturated rings. The Morgan fingerprint density at radius 3 is 2.42 bits per heavy atom. The summed E-state index contributed by atoms with van der Waals surface area (Å²) < 4.78 is 0.